The van der Waals surface area contributed by atoms with E-state index in [1.165, 1.54) is 13.3 Å². The van der Waals surface area contributed by atoms with Crippen LogP contribution in [0.15, 0.2) is 28.7 Å². The summed E-state index contributed by atoms with van der Waals surface area (Å²) in [6.45, 7) is 3.38. The SMILES string of the molecule is C[C@@H]1CCCC[C@@H]1NC(=O)[C@@H](C)OC(=O)CNC(=O)c1ccc(Br)cc1. The van der Waals surface area contributed by atoms with Crippen molar-refractivity contribution < 1.29 is 19.1 Å². The van der Waals surface area contributed by atoms with E-state index >= 15 is 0 Å². The zero-order valence-corrected chi connectivity index (χ0v) is 16.7. The van der Waals surface area contributed by atoms with Crippen LogP contribution in [0.1, 0.15) is 49.9 Å². The third-order valence-electron chi connectivity index (χ3n) is 4.62. The van der Waals surface area contributed by atoms with Crippen molar-refractivity contribution in [3.63, 3.8) is 0 Å². The fourth-order valence-electron chi connectivity index (χ4n) is 2.98. The van der Waals surface area contributed by atoms with Crippen molar-refractivity contribution >= 4 is 33.7 Å². The van der Waals surface area contributed by atoms with Gasteiger partial charge in [-0.15, -0.1) is 0 Å². The lowest BCUT2D eigenvalue weighted by molar-refractivity contribution is -0.154. The molecule has 0 unspecified atom stereocenters. The average molecular weight is 425 g/mol. The quantitative estimate of drug-likeness (QED) is 0.687. The number of esters is 1. The average Bonchev–Trinajstić information content (AvgIpc) is 2.62. The van der Waals surface area contributed by atoms with Crippen molar-refractivity contribution in [2.24, 2.45) is 5.92 Å². The van der Waals surface area contributed by atoms with E-state index in [2.05, 4.69) is 33.5 Å². The highest BCUT2D eigenvalue weighted by molar-refractivity contribution is 9.10. The number of nitrogens with one attached hydrogen (secondary N) is 2. The minimum absolute atomic E-state index is 0.134. The summed E-state index contributed by atoms with van der Waals surface area (Å²) in [6.07, 6.45) is 3.46. The zero-order chi connectivity index (χ0) is 19.1. The number of benzene rings is 1. The molecule has 1 saturated carbocycles. The molecule has 26 heavy (non-hydrogen) atoms. The molecule has 6 nitrogen and oxygen atoms in total. The molecule has 142 valence electrons. The van der Waals surface area contributed by atoms with Crippen LogP contribution in [0.25, 0.3) is 0 Å². The maximum atomic E-state index is 12.2. The number of ether oxygens (including phenoxy) is 1. The summed E-state index contributed by atoms with van der Waals surface area (Å²) in [5, 5.41) is 5.45. The molecule has 0 spiro atoms. The van der Waals surface area contributed by atoms with Gasteiger partial charge in [0.25, 0.3) is 11.8 Å². The zero-order valence-electron chi connectivity index (χ0n) is 15.1. The first kappa shape index (κ1) is 20.4. The molecule has 0 saturated heterocycles. The molecule has 1 aliphatic rings. The lowest BCUT2D eigenvalue weighted by Gasteiger charge is -2.30. The summed E-state index contributed by atoms with van der Waals surface area (Å²) in [7, 11) is 0. The fourth-order valence-corrected chi connectivity index (χ4v) is 3.24. The summed E-state index contributed by atoms with van der Waals surface area (Å²) < 4.78 is 5.98. The Bertz CT molecular complexity index is 647. The van der Waals surface area contributed by atoms with Gasteiger partial charge in [-0.1, -0.05) is 35.7 Å². The van der Waals surface area contributed by atoms with Gasteiger partial charge in [0, 0.05) is 16.1 Å². The second-order valence-electron chi connectivity index (χ2n) is 6.70. The lowest BCUT2D eigenvalue weighted by Crippen LogP contribution is -2.46. The van der Waals surface area contributed by atoms with Crippen LogP contribution in [0.5, 0.6) is 0 Å². The highest BCUT2D eigenvalue weighted by Gasteiger charge is 2.26. The van der Waals surface area contributed by atoms with Gasteiger partial charge in [0.2, 0.25) is 0 Å². The van der Waals surface area contributed by atoms with E-state index in [9.17, 15) is 14.4 Å². The van der Waals surface area contributed by atoms with Crippen LogP contribution in [0, 0.1) is 5.92 Å². The number of halogens is 1. The molecule has 7 heteroatoms. The standard InChI is InChI=1S/C19H25BrN2O4/c1-12-5-3-4-6-16(12)22-18(24)13(2)26-17(23)11-21-19(25)14-7-9-15(20)10-8-14/h7-10,12-13,16H,3-6,11H2,1-2H3,(H,21,25)(H,22,24)/t12-,13-,16+/m1/s1. The largest absolute Gasteiger partial charge is 0.451 e. The highest BCUT2D eigenvalue weighted by atomic mass is 79.9. The van der Waals surface area contributed by atoms with Gasteiger partial charge >= 0.3 is 5.97 Å². The minimum Gasteiger partial charge on any atom is -0.451 e. The van der Waals surface area contributed by atoms with Gasteiger partial charge in [0.1, 0.15) is 6.54 Å². The third-order valence-corrected chi connectivity index (χ3v) is 5.14. The van der Waals surface area contributed by atoms with Crippen LogP contribution >= 0.6 is 15.9 Å². The van der Waals surface area contributed by atoms with Gasteiger partial charge in [-0.05, 0) is 49.9 Å². The number of carbonyl (C=O) groups excluding carboxylic acids is 3. The van der Waals surface area contributed by atoms with Gasteiger partial charge in [-0.3, -0.25) is 14.4 Å². The van der Waals surface area contributed by atoms with Crippen molar-refractivity contribution in [2.75, 3.05) is 6.54 Å². The van der Waals surface area contributed by atoms with Gasteiger partial charge in [-0.2, -0.15) is 0 Å². The molecule has 0 aromatic heterocycles. The van der Waals surface area contributed by atoms with E-state index in [0.717, 1.165) is 23.7 Å². The summed E-state index contributed by atoms with van der Waals surface area (Å²) in [6, 6.07) is 6.91. The van der Waals surface area contributed by atoms with Crippen molar-refractivity contribution in [3.8, 4) is 0 Å². The molecule has 0 aliphatic heterocycles. The van der Waals surface area contributed by atoms with E-state index in [0.29, 0.717) is 11.5 Å². The second kappa shape index (κ2) is 9.71. The minimum atomic E-state index is -0.888. The van der Waals surface area contributed by atoms with Crippen molar-refractivity contribution in [1.29, 1.82) is 0 Å². The smallest absolute Gasteiger partial charge is 0.326 e. The first-order valence-electron chi connectivity index (χ1n) is 8.90. The van der Waals surface area contributed by atoms with Crippen molar-refractivity contribution in [3.05, 3.63) is 34.3 Å². The Labute approximate surface area is 162 Å². The van der Waals surface area contributed by atoms with Crippen LogP contribution in [-0.2, 0) is 14.3 Å². The summed E-state index contributed by atoms with van der Waals surface area (Å²) in [5.74, 6) is -0.880. The first-order chi connectivity index (χ1) is 12.4. The normalized spacial score (nSPS) is 20.7. The molecule has 0 bridgehead atoms. The van der Waals surface area contributed by atoms with Gasteiger partial charge in [0.15, 0.2) is 6.10 Å². The molecular formula is C19H25BrN2O4. The van der Waals surface area contributed by atoms with E-state index in [4.69, 9.17) is 4.74 Å². The predicted octanol–water partition coefficient (Wildman–Crippen LogP) is 2.81. The summed E-state index contributed by atoms with van der Waals surface area (Å²) in [5.41, 5.74) is 0.443. The van der Waals surface area contributed by atoms with Gasteiger partial charge in [-0.25, -0.2) is 0 Å². The topological polar surface area (TPSA) is 84.5 Å². The number of carbonyl (C=O) groups is 3. The summed E-state index contributed by atoms with van der Waals surface area (Å²) in [4.78, 5) is 36.0. The Morgan fingerprint density at radius 3 is 2.50 bits per heavy atom. The third kappa shape index (κ3) is 6.12. The van der Waals surface area contributed by atoms with Crippen LogP contribution in [0.2, 0.25) is 0 Å². The molecule has 1 aliphatic carbocycles. The maximum absolute atomic E-state index is 12.2. The van der Waals surface area contributed by atoms with Gasteiger partial charge < -0.3 is 15.4 Å². The molecule has 1 aromatic rings. The molecule has 2 amide bonds. The number of amides is 2. The van der Waals surface area contributed by atoms with Crippen molar-refractivity contribution in [2.45, 2.75) is 51.7 Å². The van der Waals surface area contributed by atoms with Crippen LogP contribution in [0.4, 0.5) is 0 Å². The lowest BCUT2D eigenvalue weighted by atomic mass is 9.86. The summed E-state index contributed by atoms with van der Waals surface area (Å²) >= 11 is 3.29. The molecule has 1 aromatic carbocycles. The fraction of sp³-hybridized carbons (Fsp3) is 0.526. The van der Waals surface area contributed by atoms with Gasteiger partial charge in [0.05, 0.1) is 0 Å². The maximum Gasteiger partial charge on any atom is 0.326 e. The Balaban J connectivity index is 1.74. The molecule has 1 fully saturated rings. The molecule has 2 rings (SSSR count). The molecule has 0 heterocycles. The Morgan fingerprint density at radius 2 is 1.85 bits per heavy atom. The van der Waals surface area contributed by atoms with E-state index in [1.54, 1.807) is 24.3 Å². The second-order valence-corrected chi connectivity index (χ2v) is 7.61. The van der Waals surface area contributed by atoms with Crippen LogP contribution < -0.4 is 10.6 Å². The number of rotatable bonds is 6. The number of hydrogen-bond acceptors (Lipinski definition) is 4. The first-order valence-corrected chi connectivity index (χ1v) is 9.69. The van der Waals surface area contributed by atoms with Crippen LogP contribution in [0.3, 0.4) is 0 Å². The number of hydrogen-bond donors (Lipinski definition) is 2. The Morgan fingerprint density at radius 1 is 1.19 bits per heavy atom. The van der Waals surface area contributed by atoms with Crippen molar-refractivity contribution in [1.82, 2.24) is 10.6 Å². The van der Waals surface area contributed by atoms with E-state index in [-0.39, 0.29) is 24.4 Å². The Hall–Kier alpha value is -1.89. The van der Waals surface area contributed by atoms with E-state index < -0.39 is 12.1 Å². The van der Waals surface area contributed by atoms with E-state index in [1.807, 2.05) is 0 Å². The molecule has 2 N–H and O–H groups in total. The molecule has 0 radical (unpaired) electrons. The molecule has 3 atom stereocenters. The molecular weight excluding hydrogens is 400 g/mol. The Kier molecular flexibility index (Phi) is 7.63. The highest BCUT2D eigenvalue weighted by Crippen LogP contribution is 2.23. The monoisotopic (exact) mass is 424 g/mol. The predicted molar refractivity (Wildman–Crippen MR) is 102 cm³/mol. The van der Waals surface area contributed by atoms with Crippen LogP contribution in [-0.4, -0.2) is 36.5 Å².